The lowest BCUT2D eigenvalue weighted by molar-refractivity contribution is -0.336. The molecule has 25 heavy (non-hydrogen) atoms. The summed E-state index contributed by atoms with van der Waals surface area (Å²) in [5, 5.41) is 14.2. The SMILES string of the molecule is O=C1N=[N+]([O-])SC1Cc1cccc2c1CCC(Cc1ccccc1)O2. The molecule has 0 saturated carbocycles. The molecule has 0 N–H and O–H groups in total. The minimum absolute atomic E-state index is 0.166. The van der Waals surface area contributed by atoms with Crippen molar-refractivity contribution in [3.8, 4) is 5.75 Å². The number of hydrogen-bond donors (Lipinski definition) is 0. The van der Waals surface area contributed by atoms with E-state index < -0.39 is 5.25 Å². The molecule has 1 amide bonds. The molecule has 2 unspecified atom stereocenters. The summed E-state index contributed by atoms with van der Waals surface area (Å²) < 4.78 is 6.61. The third kappa shape index (κ3) is 3.54. The lowest BCUT2D eigenvalue weighted by atomic mass is 9.92. The van der Waals surface area contributed by atoms with Crippen LogP contribution in [-0.4, -0.2) is 21.5 Å². The van der Waals surface area contributed by atoms with E-state index in [1.165, 1.54) is 5.56 Å². The topological polar surface area (TPSA) is 64.7 Å². The van der Waals surface area contributed by atoms with Crippen LogP contribution >= 0.6 is 11.9 Å². The number of ether oxygens (including phenoxy) is 1. The van der Waals surface area contributed by atoms with Crippen LogP contribution in [-0.2, 0) is 24.1 Å². The van der Waals surface area contributed by atoms with E-state index in [4.69, 9.17) is 4.74 Å². The van der Waals surface area contributed by atoms with Crippen LogP contribution in [0.1, 0.15) is 23.1 Å². The molecule has 2 aromatic rings. The molecular formula is C19H18N2O3S. The standard InChI is InChI=1S/C19H18N2O3S/c22-19-18(25-21(23)20-19)12-14-7-4-8-17-16(14)10-9-15(24-17)11-13-5-2-1-3-6-13/h1-8,15,18H,9-12H2. The summed E-state index contributed by atoms with van der Waals surface area (Å²) in [7, 11) is 0. The molecule has 0 aliphatic carbocycles. The van der Waals surface area contributed by atoms with E-state index in [1.807, 2.05) is 36.4 Å². The van der Waals surface area contributed by atoms with Gasteiger partial charge < -0.3 is 9.94 Å². The summed E-state index contributed by atoms with van der Waals surface area (Å²) in [6, 6.07) is 16.3. The monoisotopic (exact) mass is 354 g/mol. The van der Waals surface area contributed by atoms with Crippen molar-refractivity contribution in [3.63, 3.8) is 0 Å². The quantitative estimate of drug-likeness (QED) is 0.477. The van der Waals surface area contributed by atoms with Crippen LogP contribution in [0, 0.1) is 5.21 Å². The fourth-order valence-electron chi connectivity index (χ4n) is 3.41. The first kappa shape index (κ1) is 16.1. The van der Waals surface area contributed by atoms with Gasteiger partial charge in [-0.3, -0.25) is 4.79 Å². The minimum Gasteiger partial charge on any atom is -0.586 e. The number of rotatable bonds is 4. The Labute approximate surface area is 150 Å². The largest absolute Gasteiger partial charge is 0.586 e. The number of hydrogen-bond acceptors (Lipinski definition) is 4. The van der Waals surface area contributed by atoms with Gasteiger partial charge in [0.2, 0.25) is 11.9 Å². The molecule has 0 fully saturated rings. The van der Waals surface area contributed by atoms with Crippen molar-refractivity contribution in [3.05, 3.63) is 70.4 Å². The number of nitrogens with zero attached hydrogens (tertiary/aromatic N) is 2. The lowest BCUT2D eigenvalue weighted by Gasteiger charge is -2.28. The maximum absolute atomic E-state index is 11.8. The molecule has 5 nitrogen and oxygen atoms in total. The molecule has 2 atom stereocenters. The predicted molar refractivity (Wildman–Crippen MR) is 95.5 cm³/mol. The van der Waals surface area contributed by atoms with Crippen molar-refractivity contribution in [2.45, 2.75) is 37.0 Å². The zero-order valence-corrected chi connectivity index (χ0v) is 14.4. The van der Waals surface area contributed by atoms with Crippen molar-refractivity contribution in [1.82, 2.24) is 0 Å². The van der Waals surface area contributed by atoms with Crippen LogP contribution in [0.25, 0.3) is 0 Å². The van der Waals surface area contributed by atoms with Crippen molar-refractivity contribution in [2.75, 3.05) is 0 Å². The van der Waals surface area contributed by atoms with Crippen molar-refractivity contribution in [2.24, 2.45) is 5.11 Å². The number of benzene rings is 2. The highest BCUT2D eigenvalue weighted by atomic mass is 32.2. The highest BCUT2D eigenvalue weighted by molar-refractivity contribution is 7.95. The molecular weight excluding hydrogens is 336 g/mol. The van der Waals surface area contributed by atoms with Gasteiger partial charge in [0, 0.05) is 12.8 Å². The molecule has 0 saturated heterocycles. The van der Waals surface area contributed by atoms with Crippen LogP contribution < -0.4 is 4.74 Å². The van der Waals surface area contributed by atoms with Gasteiger partial charge in [-0.1, -0.05) is 42.5 Å². The molecule has 6 heteroatoms. The van der Waals surface area contributed by atoms with Gasteiger partial charge in [-0.2, -0.15) is 0 Å². The second-order valence-electron chi connectivity index (χ2n) is 6.34. The highest BCUT2D eigenvalue weighted by Gasteiger charge is 2.35. The van der Waals surface area contributed by atoms with Crippen LogP contribution in [0.2, 0.25) is 0 Å². The zero-order chi connectivity index (χ0) is 17.2. The number of carbonyl (C=O) groups excluding carboxylic acids is 1. The Kier molecular flexibility index (Phi) is 4.44. The number of carbonyl (C=O) groups is 1. The molecule has 0 aromatic heterocycles. The first-order valence-electron chi connectivity index (χ1n) is 8.40. The van der Waals surface area contributed by atoms with Crippen LogP contribution in [0.4, 0.5) is 0 Å². The van der Waals surface area contributed by atoms with Gasteiger partial charge in [0.05, 0.1) is 5.11 Å². The van der Waals surface area contributed by atoms with Gasteiger partial charge in [0.1, 0.15) is 11.9 Å². The Hall–Kier alpha value is -2.34. The molecule has 2 aromatic carbocycles. The summed E-state index contributed by atoms with van der Waals surface area (Å²) in [5.41, 5.74) is 3.51. The Bertz CT molecular complexity index is 823. The van der Waals surface area contributed by atoms with Crippen molar-refractivity contribution in [1.29, 1.82) is 0 Å². The third-order valence-electron chi connectivity index (χ3n) is 4.62. The van der Waals surface area contributed by atoms with Gasteiger partial charge in [-0.15, -0.1) is 0 Å². The van der Waals surface area contributed by atoms with E-state index >= 15 is 0 Å². The minimum atomic E-state index is -0.425. The van der Waals surface area contributed by atoms with Crippen molar-refractivity contribution < 1.29 is 13.8 Å². The van der Waals surface area contributed by atoms with E-state index in [2.05, 4.69) is 17.2 Å². The van der Waals surface area contributed by atoms with Crippen LogP contribution in [0.3, 0.4) is 0 Å². The first-order chi connectivity index (χ1) is 12.2. The van der Waals surface area contributed by atoms with Crippen LogP contribution in [0.5, 0.6) is 5.75 Å². The molecule has 2 aliphatic heterocycles. The summed E-state index contributed by atoms with van der Waals surface area (Å²) in [6.07, 6.45) is 3.45. The van der Waals surface area contributed by atoms with E-state index in [0.29, 0.717) is 10.7 Å². The Balaban J connectivity index is 1.48. The van der Waals surface area contributed by atoms with Crippen LogP contribution in [0.15, 0.2) is 53.6 Å². The highest BCUT2D eigenvalue weighted by Crippen LogP contribution is 2.34. The number of amides is 1. The summed E-state index contributed by atoms with van der Waals surface area (Å²) in [5.74, 6) is 0.548. The first-order valence-corrected chi connectivity index (χ1v) is 9.23. The summed E-state index contributed by atoms with van der Waals surface area (Å²) in [6.45, 7) is 0. The Morgan fingerprint density at radius 3 is 2.76 bits per heavy atom. The lowest BCUT2D eigenvalue weighted by Crippen LogP contribution is -2.26. The Morgan fingerprint density at radius 1 is 1.16 bits per heavy atom. The average Bonchev–Trinajstić information content (AvgIpc) is 2.93. The summed E-state index contributed by atoms with van der Waals surface area (Å²) in [4.78, 5) is 11.8. The molecule has 0 radical (unpaired) electrons. The van der Waals surface area contributed by atoms with Crippen molar-refractivity contribution >= 4 is 17.9 Å². The normalized spacial score (nSPS) is 22.2. The predicted octanol–water partition coefficient (Wildman–Crippen LogP) is 3.68. The maximum atomic E-state index is 11.8. The van der Waals surface area contributed by atoms with E-state index in [-0.39, 0.29) is 12.0 Å². The molecule has 2 heterocycles. The van der Waals surface area contributed by atoms with E-state index in [0.717, 1.165) is 48.1 Å². The molecule has 0 spiro atoms. The molecule has 0 bridgehead atoms. The maximum Gasteiger partial charge on any atom is 0.330 e. The fourth-order valence-corrected chi connectivity index (χ4v) is 4.14. The molecule has 128 valence electrons. The third-order valence-corrected chi connectivity index (χ3v) is 5.51. The Morgan fingerprint density at radius 2 is 2.00 bits per heavy atom. The molecule has 4 rings (SSSR count). The van der Waals surface area contributed by atoms with Gasteiger partial charge in [-0.25, -0.2) is 0 Å². The molecule has 2 aliphatic rings. The second kappa shape index (κ2) is 6.88. The van der Waals surface area contributed by atoms with E-state index in [9.17, 15) is 10.0 Å². The van der Waals surface area contributed by atoms with Gasteiger partial charge >= 0.3 is 5.91 Å². The smallest absolute Gasteiger partial charge is 0.330 e. The second-order valence-corrected chi connectivity index (χ2v) is 7.43. The van der Waals surface area contributed by atoms with E-state index in [1.54, 1.807) is 0 Å². The average molecular weight is 354 g/mol. The van der Waals surface area contributed by atoms with Gasteiger partial charge in [0.25, 0.3) is 0 Å². The van der Waals surface area contributed by atoms with Gasteiger partial charge in [-0.05, 0) is 39.9 Å². The fraction of sp³-hybridized carbons (Fsp3) is 0.316. The zero-order valence-electron chi connectivity index (χ0n) is 13.6. The summed E-state index contributed by atoms with van der Waals surface area (Å²) >= 11 is 0.942. The van der Waals surface area contributed by atoms with Gasteiger partial charge in [0.15, 0.2) is 5.25 Å². The number of fused-ring (bicyclic) bond motifs is 1.